The molecular weight excluding hydrogens is 468 g/mol. The van der Waals surface area contributed by atoms with Gasteiger partial charge in [-0.15, -0.1) is 12.3 Å². The Bertz CT molecular complexity index is 1300. The van der Waals surface area contributed by atoms with E-state index in [9.17, 15) is 14.4 Å². The zero-order valence-corrected chi connectivity index (χ0v) is 19.2. The molecule has 3 aromatic carbocycles. The van der Waals surface area contributed by atoms with Crippen molar-refractivity contribution >= 4 is 35.3 Å². The fourth-order valence-electron chi connectivity index (χ4n) is 4.08. The molecule has 3 N–H and O–H groups in total. The number of rotatable bonds is 7. The van der Waals surface area contributed by atoms with Gasteiger partial charge in [0, 0.05) is 12.3 Å². The second-order valence-electron chi connectivity index (χ2n) is 7.92. The first-order valence-corrected chi connectivity index (χ1v) is 11.2. The number of anilines is 1. The van der Waals surface area contributed by atoms with Crippen molar-refractivity contribution in [1.82, 2.24) is 5.32 Å². The number of nitrogens with one attached hydrogen (secondary N) is 2. The molecule has 0 spiro atoms. The number of fused-ring (bicyclic) bond motifs is 3. The summed E-state index contributed by atoms with van der Waals surface area (Å²) in [7, 11) is 0. The summed E-state index contributed by atoms with van der Waals surface area (Å²) in [4.78, 5) is 36.4. The number of benzene rings is 3. The summed E-state index contributed by atoms with van der Waals surface area (Å²) in [6, 6.07) is 18.7. The van der Waals surface area contributed by atoms with Crippen LogP contribution in [0, 0.1) is 12.3 Å². The summed E-state index contributed by atoms with van der Waals surface area (Å²) in [6.07, 6.45) is 4.52. The third-order valence-corrected chi connectivity index (χ3v) is 6.06. The maximum absolute atomic E-state index is 12.7. The molecule has 1 aliphatic rings. The van der Waals surface area contributed by atoms with Crippen molar-refractivity contribution in [1.29, 1.82) is 0 Å². The number of amides is 2. The molecule has 0 aliphatic heterocycles. The predicted octanol–water partition coefficient (Wildman–Crippen LogP) is 4.91. The number of terminal acetylenes is 1. The van der Waals surface area contributed by atoms with Crippen LogP contribution in [0.5, 0.6) is 0 Å². The Morgan fingerprint density at radius 1 is 1.03 bits per heavy atom. The van der Waals surface area contributed by atoms with E-state index in [0.717, 1.165) is 22.3 Å². The SMILES string of the molecule is C#CCC(NC(=O)OCC1c2ccccc2-c2ccccc21)C(=O)Nc1ccc(C(=O)O)cc1Cl. The Morgan fingerprint density at radius 3 is 2.23 bits per heavy atom. The largest absolute Gasteiger partial charge is 0.478 e. The Labute approximate surface area is 207 Å². The maximum atomic E-state index is 12.7. The van der Waals surface area contributed by atoms with E-state index in [4.69, 9.17) is 27.9 Å². The zero-order chi connectivity index (χ0) is 24.9. The lowest BCUT2D eigenvalue weighted by Crippen LogP contribution is -2.44. The van der Waals surface area contributed by atoms with E-state index in [0.29, 0.717) is 0 Å². The quantitative estimate of drug-likeness (QED) is 0.410. The highest BCUT2D eigenvalue weighted by molar-refractivity contribution is 6.34. The van der Waals surface area contributed by atoms with Crippen molar-refractivity contribution in [2.24, 2.45) is 0 Å². The highest BCUT2D eigenvalue weighted by Crippen LogP contribution is 2.44. The van der Waals surface area contributed by atoms with Crippen LogP contribution in [0.4, 0.5) is 10.5 Å². The molecule has 0 heterocycles. The summed E-state index contributed by atoms with van der Waals surface area (Å²) in [6.45, 7) is 0.0900. The zero-order valence-electron chi connectivity index (χ0n) is 18.5. The van der Waals surface area contributed by atoms with Gasteiger partial charge in [-0.25, -0.2) is 9.59 Å². The van der Waals surface area contributed by atoms with Gasteiger partial charge in [0.15, 0.2) is 0 Å². The standard InChI is InChI=1S/C27H21ClN2O5/c1-2-7-24(25(31)29-23-13-12-16(26(32)33)14-22(23)28)30-27(34)35-15-21-19-10-5-3-8-17(19)18-9-4-6-11-20(18)21/h1,3-6,8-14,21,24H,7,15H2,(H,29,31)(H,30,34)(H,32,33). The number of alkyl carbamates (subject to hydrolysis) is 1. The predicted molar refractivity (Wildman–Crippen MR) is 132 cm³/mol. The Kier molecular flexibility index (Phi) is 7.04. The monoisotopic (exact) mass is 488 g/mol. The van der Waals surface area contributed by atoms with Gasteiger partial charge < -0.3 is 20.5 Å². The van der Waals surface area contributed by atoms with Crippen molar-refractivity contribution in [2.45, 2.75) is 18.4 Å². The van der Waals surface area contributed by atoms with Crippen LogP contribution in [-0.4, -0.2) is 35.7 Å². The molecular formula is C27H21ClN2O5. The first-order chi connectivity index (χ1) is 16.9. The van der Waals surface area contributed by atoms with Gasteiger partial charge in [0.2, 0.25) is 5.91 Å². The van der Waals surface area contributed by atoms with Gasteiger partial charge in [-0.1, -0.05) is 60.1 Å². The number of carbonyl (C=O) groups is 3. The fraction of sp³-hybridized carbons (Fsp3) is 0.148. The van der Waals surface area contributed by atoms with E-state index in [1.54, 1.807) is 0 Å². The molecule has 3 aromatic rings. The fourth-order valence-corrected chi connectivity index (χ4v) is 4.31. The topological polar surface area (TPSA) is 105 Å². The average molecular weight is 489 g/mol. The molecule has 0 bridgehead atoms. The van der Waals surface area contributed by atoms with Gasteiger partial charge in [0.1, 0.15) is 12.6 Å². The highest BCUT2D eigenvalue weighted by Gasteiger charge is 2.29. The molecule has 0 fully saturated rings. The lowest BCUT2D eigenvalue weighted by Gasteiger charge is -2.19. The molecule has 176 valence electrons. The van der Waals surface area contributed by atoms with Gasteiger partial charge in [0.05, 0.1) is 16.3 Å². The Morgan fingerprint density at radius 2 is 1.66 bits per heavy atom. The lowest BCUT2D eigenvalue weighted by atomic mass is 9.98. The number of hydrogen-bond donors (Lipinski definition) is 3. The van der Waals surface area contributed by atoms with E-state index >= 15 is 0 Å². The van der Waals surface area contributed by atoms with Crippen LogP contribution in [0.15, 0.2) is 66.7 Å². The van der Waals surface area contributed by atoms with Crippen LogP contribution in [0.2, 0.25) is 5.02 Å². The van der Waals surface area contributed by atoms with Crippen LogP contribution in [0.3, 0.4) is 0 Å². The van der Waals surface area contributed by atoms with Gasteiger partial charge in [0.25, 0.3) is 0 Å². The summed E-state index contributed by atoms with van der Waals surface area (Å²) >= 11 is 6.08. The molecule has 1 atom stereocenters. The molecule has 0 radical (unpaired) electrons. The van der Waals surface area contributed by atoms with Crippen molar-refractivity contribution in [3.8, 4) is 23.5 Å². The first kappa shape index (κ1) is 23.9. The number of hydrogen-bond acceptors (Lipinski definition) is 4. The lowest BCUT2D eigenvalue weighted by molar-refractivity contribution is -0.118. The minimum Gasteiger partial charge on any atom is -0.478 e. The van der Waals surface area contributed by atoms with Crippen molar-refractivity contribution < 1.29 is 24.2 Å². The summed E-state index contributed by atoms with van der Waals surface area (Å²) < 4.78 is 5.49. The number of halogens is 1. The van der Waals surface area contributed by atoms with E-state index in [-0.39, 0.29) is 35.2 Å². The Hall–Kier alpha value is -4.28. The number of aromatic carboxylic acids is 1. The van der Waals surface area contributed by atoms with E-state index in [1.807, 2.05) is 48.5 Å². The summed E-state index contributed by atoms with van der Waals surface area (Å²) in [5, 5.41) is 14.2. The van der Waals surface area contributed by atoms with Crippen molar-refractivity contribution in [3.63, 3.8) is 0 Å². The van der Waals surface area contributed by atoms with Crippen LogP contribution in [0.1, 0.15) is 33.8 Å². The van der Waals surface area contributed by atoms with Gasteiger partial charge in [-0.2, -0.15) is 0 Å². The van der Waals surface area contributed by atoms with Gasteiger partial charge in [-0.05, 0) is 40.5 Å². The molecule has 0 aromatic heterocycles. The van der Waals surface area contributed by atoms with Crippen molar-refractivity contribution in [3.05, 3.63) is 88.4 Å². The van der Waals surface area contributed by atoms with E-state index < -0.39 is 24.0 Å². The molecule has 4 rings (SSSR count). The summed E-state index contributed by atoms with van der Waals surface area (Å²) in [5.41, 5.74) is 4.51. The van der Waals surface area contributed by atoms with Crippen LogP contribution >= 0.6 is 11.6 Å². The minimum atomic E-state index is -1.15. The third-order valence-electron chi connectivity index (χ3n) is 5.75. The molecule has 7 nitrogen and oxygen atoms in total. The molecule has 1 aliphatic carbocycles. The van der Waals surface area contributed by atoms with Crippen LogP contribution in [0.25, 0.3) is 11.1 Å². The number of carbonyl (C=O) groups excluding carboxylic acids is 2. The number of carboxylic acid groups (broad SMARTS) is 1. The first-order valence-electron chi connectivity index (χ1n) is 10.8. The highest BCUT2D eigenvalue weighted by atomic mass is 35.5. The third kappa shape index (κ3) is 5.13. The molecule has 0 saturated heterocycles. The van der Waals surface area contributed by atoms with Gasteiger partial charge in [-0.3, -0.25) is 4.79 Å². The molecule has 1 unspecified atom stereocenters. The molecule has 0 saturated carbocycles. The van der Waals surface area contributed by atoms with Gasteiger partial charge >= 0.3 is 12.1 Å². The molecule has 8 heteroatoms. The second kappa shape index (κ2) is 10.3. The smallest absolute Gasteiger partial charge is 0.407 e. The second-order valence-corrected chi connectivity index (χ2v) is 8.33. The summed E-state index contributed by atoms with van der Waals surface area (Å²) in [5.74, 6) is 0.478. The van der Waals surface area contributed by atoms with Crippen LogP contribution < -0.4 is 10.6 Å². The normalized spacial score (nSPS) is 12.6. The minimum absolute atomic E-state index is 0.0232. The number of ether oxygens (including phenoxy) is 1. The van der Waals surface area contributed by atoms with Crippen LogP contribution in [-0.2, 0) is 9.53 Å². The average Bonchev–Trinajstić information content (AvgIpc) is 3.17. The molecule has 35 heavy (non-hydrogen) atoms. The van der Waals surface area contributed by atoms with Crippen molar-refractivity contribution in [2.75, 3.05) is 11.9 Å². The molecule has 2 amide bonds. The van der Waals surface area contributed by atoms with E-state index in [2.05, 4.69) is 16.6 Å². The maximum Gasteiger partial charge on any atom is 0.407 e. The Balaban J connectivity index is 1.41. The number of carboxylic acids is 1. The van der Waals surface area contributed by atoms with E-state index in [1.165, 1.54) is 18.2 Å².